The topological polar surface area (TPSA) is 12.9 Å². The highest BCUT2D eigenvalue weighted by atomic mass is 127. The Balaban J connectivity index is 2.49. The summed E-state index contributed by atoms with van der Waals surface area (Å²) in [4.78, 5) is 4.28. The SMILES string of the molecule is Clc1ccnc2c1CC(I)C2. The molecule has 0 amide bonds. The zero-order valence-electron chi connectivity index (χ0n) is 5.85. The van der Waals surface area contributed by atoms with Crippen LogP contribution in [0.25, 0.3) is 0 Å². The smallest absolute Gasteiger partial charge is 0.0471 e. The van der Waals surface area contributed by atoms with E-state index in [0.29, 0.717) is 3.92 Å². The molecule has 11 heavy (non-hydrogen) atoms. The number of rotatable bonds is 0. The second-order valence-electron chi connectivity index (χ2n) is 2.72. The third-order valence-corrected chi connectivity index (χ3v) is 3.16. The van der Waals surface area contributed by atoms with Crippen molar-refractivity contribution >= 4 is 34.2 Å². The van der Waals surface area contributed by atoms with E-state index in [1.807, 2.05) is 6.07 Å². The molecule has 2 rings (SSSR count). The van der Waals surface area contributed by atoms with Crippen LogP contribution in [0.5, 0.6) is 0 Å². The van der Waals surface area contributed by atoms with Crippen LogP contribution in [0.3, 0.4) is 0 Å². The molecule has 1 aromatic heterocycles. The fourth-order valence-corrected chi connectivity index (χ4v) is 2.50. The van der Waals surface area contributed by atoms with Gasteiger partial charge in [-0.2, -0.15) is 0 Å². The Morgan fingerprint density at radius 3 is 3.09 bits per heavy atom. The molecule has 0 saturated carbocycles. The molecule has 0 aromatic carbocycles. The van der Waals surface area contributed by atoms with E-state index in [9.17, 15) is 0 Å². The largest absolute Gasteiger partial charge is 0.261 e. The predicted octanol–water partition coefficient (Wildman–Crippen LogP) is 2.64. The minimum Gasteiger partial charge on any atom is -0.261 e. The third kappa shape index (κ3) is 1.38. The standard InChI is InChI=1S/C8H7ClIN/c9-7-1-2-11-8-4-5(10)3-6(7)8/h1-2,5H,3-4H2. The first-order chi connectivity index (χ1) is 5.27. The summed E-state index contributed by atoms with van der Waals surface area (Å²) in [6, 6.07) is 1.87. The van der Waals surface area contributed by atoms with Gasteiger partial charge in [0.15, 0.2) is 0 Å². The Labute approximate surface area is 84.3 Å². The number of halogens is 2. The highest BCUT2D eigenvalue weighted by Crippen LogP contribution is 2.30. The van der Waals surface area contributed by atoms with Gasteiger partial charge in [0.05, 0.1) is 0 Å². The monoisotopic (exact) mass is 279 g/mol. The minimum atomic E-state index is 0.690. The van der Waals surface area contributed by atoms with Crippen LogP contribution in [0, 0.1) is 0 Å². The first-order valence-electron chi connectivity index (χ1n) is 3.53. The molecule has 0 radical (unpaired) electrons. The molecular formula is C8H7ClIN. The lowest BCUT2D eigenvalue weighted by Gasteiger charge is -1.97. The highest BCUT2D eigenvalue weighted by molar-refractivity contribution is 14.1. The van der Waals surface area contributed by atoms with E-state index < -0.39 is 0 Å². The van der Waals surface area contributed by atoms with Crippen LogP contribution >= 0.6 is 34.2 Å². The minimum absolute atomic E-state index is 0.690. The summed E-state index contributed by atoms with van der Waals surface area (Å²) in [5, 5.41) is 0.883. The van der Waals surface area contributed by atoms with E-state index in [1.165, 1.54) is 11.3 Å². The maximum atomic E-state index is 5.99. The van der Waals surface area contributed by atoms with Crippen molar-refractivity contribution in [3.63, 3.8) is 0 Å². The van der Waals surface area contributed by atoms with Gasteiger partial charge in [0, 0.05) is 27.3 Å². The van der Waals surface area contributed by atoms with Crippen LogP contribution in [0.4, 0.5) is 0 Å². The maximum Gasteiger partial charge on any atom is 0.0471 e. The van der Waals surface area contributed by atoms with Crippen molar-refractivity contribution < 1.29 is 0 Å². The van der Waals surface area contributed by atoms with Crippen LogP contribution in [0.1, 0.15) is 11.3 Å². The molecule has 1 aromatic rings. The van der Waals surface area contributed by atoms with Crippen molar-refractivity contribution in [1.82, 2.24) is 4.98 Å². The summed E-state index contributed by atoms with van der Waals surface area (Å²) in [6.07, 6.45) is 3.95. The van der Waals surface area contributed by atoms with Gasteiger partial charge in [0.25, 0.3) is 0 Å². The summed E-state index contributed by atoms with van der Waals surface area (Å²) in [6.45, 7) is 0. The average molecular weight is 280 g/mol. The van der Waals surface area contributed by atoms with Gasteiger partial charge in [-0.25, -0.2) is 0 Å². The summed E-state index contributed by atoms with van der Waals surface area (Å²) >= 11 is 8.44. The molecule has 1 atom stereocenters. The highest BCUT2D eigenvalue weighted by Gasteiger charge is 2.21. The third-order valence-electron chi connectivity index (χ3n) is 1.93. The molecule has 1 unspecified atom stereocenters. The zero-order chi connectivity index (χ0) is 7.84. The number of hydrogen-bond acceptors (Lipinski definition) is 1. The number of pyridine rings is 1. The molecule has 0 bridgehead atoms. The summed E-state index contributed by atoms with van der Waals surface area (Å²) in [7, 11) is 0. The van der Waals surface area contributed by atoms with E-state index >= 15 is 0 Å². The van der Waals surface area contributed by atoms with Crippen LogP contribution in [-0.4, -0.2) is 8.91 Å². The molecule has 0 N–H and O–H groups in total. The van der Waals surface area contributed by atoms with Crippen molar-refractivity contribution in [2.45, 2.75) is 16.8 Å². The molecule has 0 spiro atoms. The van der Waals surface area contributed by atoms with Gasteiger partial charge in [0.1, 0.15) is 0 Å². The molecule has 3 heteroatoms. The Kier molecular flexibility index (Phi) is 2.06. The molecule has 1 nitrogen and oxygen atoms in total. The van der Waals surface area contributed by atoms with Gasteiger partial charge < -0.3 is 0 Å². The van der Waals surface area contributed by atoms with Crippen molar-refractivity contribution in [3.05, 3.63) is 28.5 Å². The Hall–Kier alpha value is 0.170. The molecule has 1 aliphatic rings. The average Bonchev–Trinajstić information content (AvgIpc) is 2.31. The number of hydrogen-bond donors (Lipinski definition) is 0. The van der Waals surface area contributed by atoms with Gasteiger partial charge in [-0.3, -0.25) is 4.98 Å². The Bertz CT molecular complexity index is 287. The van der Waals surface area contributed by atoms with E-state index in [1.54, 1.807) is 6.20 Å². The molecular weight excluding hydrogens is 272 g/mol. The van der Waals surface area contributed by atoms with Crippen molar-refractivity contribution in [3.8, 4) is 0 Å². The van der Waals surface area contributed by atoms with Crippen molar-refractivity contribution in [1.29, 1.82) is 0 Å². The van der Waals surface area contributed by atoms with Crippen LogP contribution in [0.2, 0.25) is 5.02 Å². The van der Waals surface area contributed by atoms with Crippen molar-refractivity contribution in [2.24, 2.45) is 0 Å². The fraction of sp³-hybridized carbons (Fsp3) is 0.375. The second kappa shape index (κ2) is 2.90. The van der Waals surface area contributed by atoms with Crippen LogP contribution < -0.4 is 0 Å². The fourth-order valence-electron chi connectivity index (χ4n) is 1.40. The molecule has 1 aliphatic carbocycles. The molecule has 58 valence electrons. The van der Waals surface area contributed by atoms with E-state index in [0.717, 1.165) is 17.9 Å². The Morgan fingerprint density at radius 1 is 1.55 bits per heavy atom. The Morgan fingerprint density at radius 2 is 2.36 bits per heavy atom. The number of nitrogens with zero attached hydrogens (tertiary/aromatic N) is 1. The molecule has 0 fully saturated rings. The molecule has 0 saturated heterocycles. The number of aromatic nitrogens is 1. The lowest BCUT2D eigenvalue weighted by molar-refractivity contribution is 0.956. The van der Waals surface area contributed by atoms with Crippen molar-refractivity contribution in [2.75, 3.05) is 0 Å². The first-order valence-corrected chi connectivity index (χ1v) is 5.16. The van der Waals surface area contributed by atoms with Gasteiger partial charge >= 0.3 is 0 Å². The van der Waals surface area contributed by atoms with E-state index in [2.05, 4.69) is 27.6 Å². The van der Waals surface area contributed by atoms with Gasteiger partial charge in [-0.1, -0.05) is 34.2 Å². The number of fused-ring (bicyclic) bond motifs is 1. The normalized spacial score (nSPS) is 21.8. The lowest BCUT2D eigenvalue weighted by Crippen LogP contribution is -1.93. The van der Waals surface area contributed by atoms with Gasteiger partial charge in [-0.15, -0.1) is 0 Å². The van der Waals surface area contributed by atoms with Crippen LogP contribution in [-0.2, 0) is 12.8 Å². The summed E-state index contributed by atoms with van der Waals surface area (Å²) < 4.78 is 0.690. The molecule has 1 heterocycles. The number of alkyl halides is 1. The summed E-state index contributed by atoms with van der Waals surface area (Å²) in [5.74, 6) is 0. The van der Waals surface area contributed by atoms with Crippen LogP contribution in [0.15, 0.2) is 12.3 Å². The predicted molar refractivity (Wildman–Crippen MR) is 54.5 cm³/mol. The van der Waals surface area contributed by atoms with Gasteiger partial charge in [-0.05, 0) is 18.1 Å². The van der Waals surface area contributed by atoms with Gasteiger partial charge in [0.2, 0.25) is 0 Å². The maximum absolute atomic E-state index is 5.99. The van der Waals surface area contributed by atoms with E-state index in [-0.39, 0.29) is 0 Å². The summed E-state index contributed by atoms with van der Waals surface area (Å²) in [5.41, 5.74) is 2.45. The quantitative estimate of drug-likeness (QED) is 0.525. The second-order valence-corrected chi connectivity index (χ2v) is 4.89. The molecule has 0 aliphatic heterocycles. The first kappa shape index (κ1) is 7.80. The van der Waals surface area contributed by atoms with E-state index in [4.69, 9.17) is 11.6 Å². The lowest BCUT2D eigenvalue weighted by atomic mass is 10.2. The zero-order valence-corrected chi connectivity index (χ0v) is 8.76.